The van der Waals surface area contributed by atoms with E-state index in [0.29, 0.717) is 24.7 Å². The van der Waals surface area contributed by atoms with E-state index < -0.39 is 0 Å². The molecule has 1 aromatic carbocycles. The standard InChI is InChI=1S/C18H22N4O2S/c19-18-20-8-14(25-18)10-21-11-15-16(12-21)24-7-6-17(23)22(15)9-13-4-2-1-3-5-13/h1-5,8,15-16H,6-7,9-12H2,(H2,19,20)/t15-,16-/m0/s1. The van der Waals surface area contributed by atoms with E-state index in [1.807, 2.05) is 29.3 Å². The molecule has 6 nitrogen and oxygen atoms in total. The van der Waals surface area contributed by atoms with Crippen molar-refractivity contribution in [3.05, 3.63) is 47.0 Å². The smallest absolute Gasteiger partial charge is 0.225 e. The Balaban J connectivity index is 1.49. The summed E-state index contributed by atoms with van der Waals surface area (Å²) in [6, 6.07) is 10.3. The van der Waals surface area contributed by atoms with Crippen molar-refractivity contribution >= 4 is 22.4 Å². The molecule has 3 heterocycles. The Bertz CT molecular complexity index is 736. The third-order valence-corrected chi connectivity index (χ3v) is 5.64. The summed E-state index contributed by atoms with van der Waals surface area (Å²) in [5.41, 5.74) is 6.89. The van der Waals surface area contributed by atoms with Crippen molar-refractivity contribution < 1.29 is 9.53 Å². The summed E-state index contributed by atoms with van der Waals surface area (Å²) in [5.74, 6) is 0.181. The summed E-state index contributed by atoms with van der Waals surface area (Å²) in [4.78, 5) is 22.2. The lowest BCUT2D eigenvalue weighted by Crippen LogP contribution is -2.44. The molecule has 2 aliphatic heterocycles. The van der Waals surface area contributed by atoms with Crippen LogP contribution in [0.5, 0.6) is 0 Å². The summed E-state index contributed by atoms with van der Waals surface area (Å²) >= 11 is 1.52. The number of nitrogen functional groups attached to an aromatic ring is 1. The number of benzene rings is 1. The van der Waals surface area contributed by atoms with Gasteiger partial charge in [0.25, 0.3) is 0 Å². The molecule has 2 aliphatic rings. The molecule has 0 aliphatic carbocycles. The van der Waals surface area contributed by atoms with E-state index >= 15 is 0 Å². The molecular formula is C18H22N4O2S. The van der Waals surface area contributed by atoms with E-state index in [4.69, 9.17) is 10.5 Å². The number of aromatic nitrogens is 1. The second kappa shape index (κ2) is 7.11. The largest absolute Gasteiger partial charge is 0.375 e. The Kier molecular flexibility index (Phi) is 4.70. The average molecular weight is 358 g/mol. The number of rotatable bonds is 4. The van der Waals surface area contributed by atoms with E-state index in [1.54, 1.807) is 0 Å². The Morgan fingerprint density at radius 3 is 2.84 bits per heavy atom. The molecule has 2 N–H and O–H groups in total. The minimum Gasteiger partial charge on any atom is -0.375 e. The molecule has 0 spiro atoms. The highest BCUT2D eigenvalue weighted by Crippen LogP contribution is 2.27. The molecule has 0 saturated carbocycles. The molecule has 2 atom stereocenters. The van der Waals surface area contributed by atoms with Gasteiger partial charge < -0.3 is 15.4 Å². The van der Waals surface area contributed by atoms with Gasteiger partial charge in [0.15, 0.2) is 5.13 Å². The molecule has 2 saturated heterocycles. The molecule has 2 aromatic rings. The summed E-state index contributed by atoms with van der Waals surface area (Å²) in [6.45, 7) is 3.61. The highest BCUT2D eigenvalue weighted by molar-refractivity contribution is 7.15. The third-order valence-electron chi connectivity index (χ3n) is 4.83. The number of hydrogen-bond donors (Lipinski definition) is 1. The fourth-order valence-corrected chi connectivity index (χ4v) is 4.38. The van der Waals surface area contributed by atoms with Gasteiger partial charge in [-0.3, -0.25) is 9.69 Å². The molecule has 0 unspecified atom stereocenters. The van der Waals surface area contributed by atoms with E-state index in [-0.39, 0.29) is 18.1 Å². The number of ether oxygens (including phenoxy) is 1. The highest BCUT2D eigenvalue weighted by Gasteiger charge is 2.41. The monoisotopic (exact) mass is 358 g/mol. The number of nitrogens with zero attached hydrogens (tertiary/aromatic N) is 3. The SMILES string of the molecule is Nc1ncc(CN2C[C@@H]3OCCC(=O)N(Cc4ccccc4)[C@H]3C2)s1. The van der Waals surface area contributed by atoms with Crippen LogP contribution in [0.4, 0.5) is 5.13 Å². The molecule has 25 heavy (non-hydrogen) atoms. The number of likely N-dealkylation sites (tertiary alicyclic amines) is 1. The Morgan fingerprint density at radius 1 is 1.24 bits per heavy atom. The van der Waals surface area contributed by atoms with Crippen molar-refractivity contribution in [2.24, 2.45) is 0 Å². The lowest BCUT2D eigenvalue weighted by Gasteiger charge is -2.30. The first kappa shape index (κ1) is 16.5. The predicted octanol–water partition coefficient (Wildman–Crippen LogP) is 1.73. The van der Waals surface area contributed by atoms with Gasteiger partial charge in [0.2, 0.25) is 5.91 Å². The van der Waals surface area contributed by atoms with Crippen LogP contribution in [0.3, 0.4) is 0 Å². The van der Waals surface area contributed by atoms with Crippen molar-refractivity contribution in [3.63, 3.8) is 0 Å². The van der Waals surface area contributed by atoms with Crippen LogP contribution in [0, 0.1) is 0 Å². The Labute approximate surface area is 151 Å². The van der Waals surface area contributed by atoms with Crippen LogP contribution in [-0.4, -0.2) is 52.5 Å². The van der Waals surface area contributed by atoms with Crippen molar-refractivity contribution in [2.45, 2.75) is 31.7 Å². The third kappa shape index (κ3) is 3.68. The number of nitrogens with two attached hydrogens (primary N) is 1. The molecule has 1 aromatic heterocycles. The number of carbonyl (C=O) groups excluding carboxylic acids is 1. The van der Waals surface area contributed by atoms with Gasteiger partial charge in [-0.05, 0) is 5.56 Å². The van der Waals surface area contributed by atoms with Gasteiger partial charge in [0, 0.05) is 37.3 Å². The van der Waals surface area contributed by atoms with Gasteiger partial charge in [0.1, 0.15) is 0 Å². The van der Waals surface area contributed by atoms with Gasteiger partial charge in [0.05, 0.1) is 25.2 Å². The second-order valence-corrected chi connectivity index (χ2v) is 7.74. The Morgan fingerprint density at radius 2 is 2.08 bits per heavy atom. The maximum Gasteiger partial charge on any atom is 0.225 e. The fourth-order valence-electron chi connectivity index (χ4n) is 3.65. The fraction of sp³-hybridized carbons (Fsp3) is 0.444. The summed E-state index contributed by atoms with van der Waals surface area (Å²) < 4.78 is 6.00. The molecule has 0 radical (unpaired) electrons. The normalized spacial score (nSPS) is 24.3. The summed E-state index contributed by atoms with van der Waals surface area (Å²) in [7, 11) is 0. The van der Waals surface area contributed by atoms with Crippen LogP contribution >= 0.6 is 11.3 Å². The second-order valence-electron chi connectivity index (χ2n) is 6.59. The van der Waals surface area contributed by atoms with E-state index in [2.05, 4.69) is 22.0 Å². The lowest BCUT2D eigenvalue weighted by molar-refractivity contribution is -0.133. The molecule has 1 amide bonds. The molecule has 4 rings (SSSR count). The van der Waals surface area contributed by atoms with E-state index in [9.17, 15) is 4.79 Å². The zero-order valence-electron chi connectivity index (χ0n) is 14.0. The average Bonchev–Trinajstić information content (AvgIpc) is 3.16. The number of anilines is 1. The van der Waals surface area contributed by atoms with Gasteiger partial charge in [-0.25, -0.2) is 4.98 Å². The van der Waals surface area contributed by atoms with Crippen molar-refractivity contribution in [3.8, 4) is 0 Å². The van der Waals surface area contributed by atoms with Gasteiger partial charge in [-0.2, -0.15) is 0 Å². The minimum absolute atomic E-state index is 0.0698. The first-order valence-electron chi connectivity index (χ1n) is 8.56. The van der Waals surface area contributed by atoms with Gasteiger partial charge >= 0.3 is 0 Å². The van der Waals surface area contributed by atoms with Crippen LogP contribution in [0.15, 0.2) is 36.5 Å². The molecular weight excluding hydrogens is 336 g/mol. The number of thiazole rings is 1. The molecule has 0 bridgehead atoms. The van der Waals surface area contributed by atoms with E-state index in [1.165, 1.54) is 11.3 Å². The number of amides is 1. The Hall–Kier alpha value is -1.96. The number of hydrogen-bond acceptors (Lipinski definition) is 6. The first-order chi connectivity index (χ1) is 12.2. The minimum atomic E-state index is 0.0698. The van der Waals surface area contributed by atoms with Crippen LogP contribution in [-0.2, 0) is 22.6 Å². The number of fused-ring (bicyclic) bond motifs is 1. The van der Waals surface area contributed by atoms with Gasteiger partial charge in [-0.1, -0.05) is 30.3 Å². The van der Waals surface area contributed by atoms with Crippen LogP contribution < -0.4 is 5.73 Å². The van der Waals surface area contributed by atoms with Crippen molar-refractivity contribution in [2.75, 3.05) is 25.4 Å². The zero-order chi connectivity index (χ0) is 17.2. The van der Waals surface area contributed by atoms with Crippen molar-refractivity contribution in [1.82, 2.24) is 14.8 Å². The maximum absolute atomic E-state index is 12.6. The van der Waals surface area contributed by atoms with Gasteiger partial charge in [-0.15, -0.1) is 11.3 Å². The molecule has 2 fully saturated rings. The molecule has 7 heteroatoms. The topological polar surface area (TPSA) is 71.7 Å². The van der Waals surface area contributed by atoms with Crippen LogP contribution in [0.25, 0.3) is 0 Å². The molecule has 132 valence electrons. The first-order valence-corrected chi connectivity index (χ1v) is 9.38. The highest BCUT2D eigenvalue weighted by atomic mass is 32.1. The predicted molar refractivity (Wildman–Crippen MR) is 96.9 cm³/mol. The zero-order valence-corrected chi connectivity index (χ0v) is 14.8. The number of carbonyl (C=O) groups is 1. The summed E-state index contributed by atoms with van der Waals surface area (Å²) in [6.07, 6.45) is 2.37. The lowest BCUT2D eigenvalue weighted by atomic mass is 10.1. The summed E-state index contributed by atoms with van der Waals surface area (Å²) in [5, 5.41) is 0.598. The van der Waals surface area contributed by atoms with E-state index in [0.717, 1.165) is 30.1 Å². The van der Waals surface area contributed by atoms with Crippen LogP contribution in [0.2, 0.25) is 0 Å². The van der Waals surface area contributed by atoms with Crippen molar-refractivity contribution in [1.29, 1.82) is 0 Å². The van der Waals surface area contributed by atoms with Crippen LogP contribution in [0.1, 0.15) is 16.9 Å². The quantitative estimate of drug-likeness (QED) is 0.901. The maximum atomic E-state index is 12.6.